The standard InChI is InChI=1S/C25H22N4O/c1-5-20-8-10-21(11-9-20)28(4)25-26-13-12-23(27-25)30-24-18(2)16-22(17-19(24)3)29-14-6-7-15-29/h1,6-17H,2-4H3. The molecule has 30 heavy (non-hydrogen) atoms. The minimum Gasteiger partial charge on any atom is -0.438 e. The molecule has 0 aliphatic rings. The summed E-state index contributed by atoms with van der Waals surface area (Å²) in [5, 5.41) is 0. The Morgan fingerprint density at radius 2 is 1.67 bits per heavy atom. The second-order valence-corrected chi connectivity index (χ2v) is 7.05. The maximum absolute atomic E-state index is 6.16. The van der Waals surface area contributed by atoms with E-state index in [1.54, 1.807) is 12.3 Å². The monoisotopic (exact) mass is 394 g/mol. The summed E-state index contributed by atoms with van der Waals surface area (Å²) in [6.45, 7) is 4.08. The number of hydrogen-bond acceptors (Lipinski definition) is 4. The maximum atomic E-state index is 6.16. The second-order valence-electron chi connectivity index (χ2n) is 7.05. The Morgan fingerprint density at radius 1 is 1.00 bits per heavy atom. The van der Waals surface area contributed by atoms with Gasteiger partial charge >= 0.3 is 0 Å². The molecule has 0 saturated heterocycles. The number of aryl methyl sites for hydroxylation is 2. The van der Waals surface area contributed by atoms with E-state index in [4.69, 9.17) is 11.2 Å². The lowest BCUT2D eigenvalue weighted by Gasteiger charge is -2.18. The van der Waals surface area contributed by atoms with Gasteiger partial charge in [-0.15, -0.1) is 6.42 Å². The molecule has 0 N–H and O–H groups in total. The topological polar surface area (TPSA) is 43.2 Å². The molecule has 2 aromatic heterocycles. The number of benzene rings is 2. The maximum Gasteiger partial charge on any atom is 0.232 e. The number of anilines is 2. The minimum absolute atomic E-state index is 0.493. The predicted molar refractivity (Wildman–Crippen MR) is 120 cm³/mol. The Morgan fingerprint density at radius 3 is 2.30 bits per heavy atom. The Hall–Kier alpha value is -4.04. The van der Waals surface area contributed by atoms with Crippen LogP contribution in [0.4, 0.5) is 11.6 Å². The molecule has 4 aromatic rings. The van der Waals surface area contributed by atoms with E-state index in [2.05, 4.69) is 32.6 Å². The highest BCUT2D eigenvalue weighted by Gasteiger charge is 2.12. The summed E-state index contributed by atoms with van der Waals surface area (Å²) in [6.07, 6.45) is 11.2. The SMILES string of the molecule is C#Cc1ccc(N(C)c2nccc(Oc3c(C)cc(-n4cccc4)cc3C)n2)cc1. The molecule has 0 aliphatic heterocycles. The van der Waals surface area contributed by atoms with Crippen LogP contribution < -0.4 is 9.64 Å². The molecule has 0 aliphatic carbocycles. The molecule has 0 radical (unpaired) electrons. The average Bonchev–Trinajstić information content (AvgIpc) is 3.31. The van der Waals surface area contributed by atoms with Crippen LogP contribution in [0.5, 0.6) is 11.6 Å². The first-order valence-corrected chi connectivity index (χ1v) is 9.61. The van der Waals surface area contributed by atoms with Crippen molar-refractivity contribution in [1.29, 1.82) is 0 Å². The first-order valence-electron chi connectivity index (χ1n) is 9.61. The number of ether oxygens (including phenoxy) is 1. The number of nitrogens with zero attached hydrogens (tertiary/aromatic N) is 4. The van der Waals surface area contributed by atoms with Crippen LogP contribution in [-0.2, 0) is 0 Å². The molecule has 0 fully saturated rings. The van der Waals surface area contributed by atoms with Crippen molar-refractivity contribution in [1.82, 2.24) is 14.5 Å². The van der Waals surface area contributed by atoms with Crippen molar-refractivity contribution in [2.24, 2.45) is 0 Å². The van der Waals surface area contributed by atoms with Gasteiger partial charge in [-0.1, -0.05) is 5.92 Å². The van der Waals surface area contributed by atoms with Gasteiger partial charge in [0.1, 0.15) is 5.75 Å². The molecule has 0 amide bonds. The third-order valence-electron chi connectivity index (χ3n) is 4.89. The molecule has 2 aromatic carbocycles. The van der Waals surface area contributed by atoms with Crippen LogP contribution in [-0.4, -0.2) is 21.6 Å². The van der Waals surface area contributed by atoms with Crippen molar-refractivity contribution >= 4 is 11.6 Å². The molecule has 5 nitrogen and oxygen atoms in total. The van der Waals surface area contributed by atoms with E-state index in [-0.39, 0.29) is 0 Å². The van der Waals surface area contributed by atoms with Crippen LogP contribution in [0, 0.1) is 26.2 Å². The van der Waals surface area contributed by atoms with Crippen LogP contribution in [0.2, 0.25) is 0 Å². The number of aromatic nitrogens is 3. The zero-order chi connectivity index (χ0) is 21.1. The summed E-state index contributed by atoms with van der Waals surface area (Å²) in [4.78, 5) is 10.9. The van der Waals surface area contributed by atoms with Crippen LogP contribution in [0.25, 0.3) is 5.69 Å². The minimum atomic E-state index is 0.493. The molecule has 4 rings (SSSR count). The number of terminal acetylenes is 1. The van der Waals surface area contributed by atoms with Crippen molar-refractivity contribution in [3.63, 3.8) is 0 Å². The van der Waals surface area contributed by atoms with Crippen molar-refractivity contribution < 1.29 is 4.74 Å². The molecule has 0 atom stereocenters. The van der Waals surface area contributed by atoms with Gasteiger partial charge < -0.3 is 14.2 Å². The lowest BCUT2D eigenvalue weighted by Crippen LogP contribution is -2.13. The third-order valence-corrected chi connectivity index (χ3v) is 4.89. The molecular formula is C25H22N4O. The highest BCUT2D eigenvalue weighted by atomic mass is 16.5. The van der Waals surface area contributed by atoms with Crippen LogP contribution >= 0.6 is 0 Å². The van der Waals surface area contributed by atoms with Crippen LogP contribution in [0.3, 0.4) is 0 Å². The highest BCUT2D eigenvalue weighted by Crippen LogP contribution is 2.31. The smallest absolute Gasteiger partial charge is 0.232 e. The average molecular weight is 394 g/mol. The summed E-state index contributed by atoms with van der Waals surface area (Å²) in [7, 11) is 1.91. The van der Waals surface area contributed by atoms with Gasteiger partial charge in [0.25, 0.3) is 0 Å². The van der Waals surface area contributed by atoms with Crippen LogP contribution in [0.1, 0.15) is 16.7 Å². The predicted octanol–water partition coefficient (Wildman–Crippen LogP) is 5.43. The zero-order valence-electron chi connectivity index (χ0n) is 17.2. The van der Waals surface area contributed by atoms with Gasteiger partial charge in [0.15, 0.2) is 0 Å². The fourth-order valence-electron chi connectivity index (χ4n) is 3.30. The Labute approximate surface area is 176 Å². The van der Waals surface area contributed by atoms with Gasteiger partial charge in [0.2, 0.25) is 11.8 Å². The molecule has 0 saturated carbocycles. The summed E-state index contributed by atoms with van der Waals surface area (Å²) in [5.74, 6) is 4.46. The van der Waals surface area contributed by atoms with E-state index in [1.807, 2.05) is 74.6 Å². The first-order chi connectivity index (χ1) is 14.5. The van der Waals surface area contributed by atoms with Gasteiger partial charge in [-0.25, -0.2) is 4.98 Å². The largest absolute Gasteiger partial charge is 0.438 e. The fourth-order valence-corrected chi connectivity index (χ4v) is 3.30. The van der Waals surface area contributed by atoms with Crippen molar-refractivity contribution in [3.05, 3.63) is 89.9 Å². The van der Waals surface area contributed by atoms with Crippen molar-refractivity contribution in [3.8, 4) is 29.7 Å². The van der Waals surface area contributed by atoms with E-state index in [9.17, 15) is 0 Å². The molecule has 0 spiro atoms. The van der Waals surface area contributed by atoms with E-state index in [0.717, 1.165) is 33.8 Å². The molecule has 5 heteroatoms. The van der Waals surface area contributed by atoms with E-state index in [0.29, 0.717) is 11.8 Å². The van der Waals surface area contributed by atoms with Gasteiger partial charge in [0.05, 0.1) is 0 Å². The summed E-state index contributed by atoms with van der Waals surface area (Å²) < 4.78 is 8.24. The lowest BCUT2D eigenvalue weighted by atomic mass is 10.1. The first kappa shape index (κ1) is 19.3. The van der Waals surface area contributed by atoms with Gasteiger partial charge in [-0.2, -0.15) is 4.98 Å². The zero-order valence-corrected chi connectivity index (χ0v) is 17.2. The van der Waals surface area contributed by atoms with E-state index >= 15 is 0 Å². The normalized spacial score (nSPS) is 10.5. The third kappa shape index (κ3) is 3.89. The Bertz CT molecular complexity index is 1180. The van der Waals surface area contributed by atoms with Gasteiger partial charge in [-0.3, -0.25) is 0 Å². The highest BCUT2D eigenvalue weighted by molar-refractivity contribution is 5.58. The summed E-state index contributed by atoms with van der Waals surface area (Å²) >= 11 is 0. The van der Waals surface area contributed by atoms with Crippen LogP contribution in [0.15, 0.2) is 73.2 Å². The summed E-state index contributed by atoms with van der Waals surface area (Å²) in [6, 6.07) is 17.7. The van der Waals surface area contributed by atoms with Crippen molar-refractivity contribution in [2.45, 2.75) is 13.8 Å². The van der Waals surface area contributed by atoms with E-state index < -0.39 is 0 Å². The summed E-state index contributed by atoms with van der Waals surface area (Å²) in [5.41, 5.74) is 4.95. The molecular weight excluding hydrogens is 372 g/mol. The quantitative estimate of drug-likeness (QED) is 0.424. The number of rotatable bonds is 5. The van der Waals surface area contributed by atoms with Gasteiger partial charge in [-0.05, 0) is 73.5 Å². The molecule has 0 bridgehead atoms. The molecule has 0 unspecified atom stereocenters. The Balaban J connectivity index is 1.59. The second kappa shape index (κ2) is 8.14. The lowest BCUT2D eigenvalue weighted by molar-refractivity contribution is 0.455. The fraction of sp³-hybridized carbons (Fsp3) is 0.120. The molecule has 148 valence electrons. The van der Waals surface area contributed by atoms with Crippen molar-refractivity contribution in [2.75, 3.05) is 11.9 Å². The van der Waals surface area contributed by atoms with Gasteiger partial charge in [0, 0.05) is 48.6 Å². The molecule has 2 heterocycles. The number of hydrogen-bond donors (Lipinski definition) is 0. The van der Waals surface area contributed by atoms with E-state index in [1.165, 1.54) is 0 Å². The Kier molecular flexibility index (Phi) is 5.23.